The average Bonchev–Trinajstić information content (AvgIpc) is 2.68. The van der Waals surface area contributed by atoms with Crippen molar-refractivity contribution < 1.29 is 0 Å². The van der Waals surface area contributed by atoms with E-state index in [1.54, 1.807) is 0 Å². The molecule has 0 saturated heterocycles. The second-order valence-corrected chi connectivity index (χ2v) is 8.09. The van der Waals surface area contributed by atoms with Crippen LogP contribution in [0.2, 0.25) is 0 Å². The largest absolute Gasteiger partial charge is 0.311 e. The number of hydrogen-bond donors (Lipinski definition) is 1. The van der Waals surface area contributed by atoms with Gasteiger partial charge in [-0.25, -0.2) is 0 Å². The minimum atomic E-state index is 0.597. The van der Waals surface area contributed by atoms with Crippen LogP contribution in [0.3, 0.4) is 0 Å². The smallest absolute Gasteiger partial charge is 0.00749 e. The summed E-state index contributed by atoms with van der Waals surface area (Å²) in [5, 5.41) is 4.01. The van der Waals surface area contributed by atoms with Crippen LogP contribution in [0.5, 0.6) is 0 Å². The Morgan fingerprint density at radius 2 is 1.61 bits per heavy atom. The SMILES string of the molecule is CC1(C)CCC(NC2CCC3CCCCC3C2)C1. The summed E-state index contributed by atoms with van der Waals surface area (Å²) in [6.45, 7) is 4.87. The number of fused-ring (bicyclic) bond motifs is 1. The van der Waals surface area contributed by atoms with Crippen LogP contribution in [0.15, 0.2) is 0 Å². The highest BCUT2D eigenvalue weighted by Gasteiger charge is 2.35. The molecule has 0 aromatic carbocycles. The van der Waals surface area contributed by atoms with E-state index in [9.17, 15) is 0 Å². The molecule has 3 fully saturated rings. The fourth-order valence-corrected chi connectivity index (χ4v) is 4.94. The highest BCUT2D eigenvalue weighted by Crippen LogP contribution is 2.42. The van der Waals surface area contributed by atoms with Crippen molar-refractivity contribution in [1.82, 2.24) is 5.32 Å². The molecule has 0 aromatic heterocycles. The standard InChI is InChI=1S/C17H31N/c1-17(2)10-9-16(12-17)18-15-8-7-13-5-3-4-6-14(13)11-15/h13-16,18H,3-12H2,1-2H3. The van der Waals surface area contributed by atoms with Gasteiger partial charge in [0.15, 0.2) is 0 Å². The summed E-state index contributed by atoms with van der Waals surface area (Å²) in [6.07, 6.45) is 14.8. The van der Waals surface area contributed by atoms with Gasteiger partial charge in [-0.2, -0.15) is 0 Å². The van der Waals surface area contributed by atoms with Crippen molar-refractivity contribution in [3.8, 4) is 0 Å². The van der Waals surface area contributed by atoms with Crippen molar-refractivity contribution >= 4 is 0 Å². The average molecular weight is 249 g/mol. The Morgan fingerprint density at radius 1 is 0.833 bits per heavy atom. The van der Waals surface area contributed by atoms with Crippen molar-refractivity contribution in [2.45, 2.75) is 90.1 Å². The van der Waals surface area contributed by atoms with Crippen molar-refractivity contribution in [2.75, 3.05) is 0 Å². The van der Waals surface area contributed by atoms with Gasteiger partial charge in [0.05, 0.1) is 0 Å². The van der Waals surface area contributed by atoms with E-state index >= 15 is 0 Å². The summed E-state index contributed by atoms with van der Waals surface area (Å²) in [5.74, 6) is 2.16. The highest BCUT2D eigenvalue weighted by molar-refractivity contribution is 4.91. The van der Waals surface area contributed by atoms with E-state index < -0.39 is 0 Å². The van der Waals surface area contributed by atoms with E-state index in [1.807, 2.05) is 0 Å². The zero-order chi connectivity index (χ0) is 12.6. The quantitative estimate of drug-likeness (QED) is 0.759. The lowest BCUT2D eigenvalue weighted by atomic mass is 9.69. The second-order valence-electron chi connectivity index (χ2n) is 8.09. The van der Waals surface area contributed by atoms with Crippen molar-refractivity contribution in [1.29, 1.82) is 0 Å². The first kappa shape index (κ1) is 13.0. The van der Waals surface area contributed by atoms with Crippen LogP contribution >= 0.6 is 0 Å². The summed E-state index contributed by atoms with van der Waals surface area (Å²) in [4.78, 5) is 0. The topological polar surface area (TPSA) is 12.0 Å². The Hall–Kier alpha value is -0.0400. The van der Waals surface area contributed by atoms with Gasteiger partial charge >= 0.3 is 0 Å². The summed E-state index contributed by atoms with van der Waals surface area (Å²) >= 11 is 0. The zero-order valence-electron chi connectivity index (χ0n) is 12.4. The van der Waals surface area contributed by atoms with Gasteiger partial charge in [-0.05, 0) is 55.8 Å². The molecule has 3 aliphatic carbocycles. The molecule has 1 N–H and O–H groups in total. The Bertz CT molecular complexity index is 283. The van der Waals surface area contributed by atoms with Gasteiger partial charge in [-0.3, -0.25) is 0 Å². The van der Waals surface area contributed by atoms with Gasteiger partial charge in [0.2, 0.25) is 0 Å². The van der Waals surface area contributed by atoms with Crippen LogP contribution in [0, 0.1) is 17.3 Å². The van der Waals surface area contributed by atoms with Crippen LogP contribution in [0.1, 0.15) is 78.1 Å². The molecule has 3 aliphatic rings. The minimum Gasteiger partial charge on any atom is -0.311 e. The second kappa shape index (κ2) is 5.15. The van der Waals surface area contributed by atoms with Crippen molar-refractivity contribution in [3.05, 3.63) is 0 Å². The normalized spacial score (nSPS) is 43.7. The van der Waals surface area contributed by atoms with Crippen LogP contribution in [-0.4, -0.2) is 12.1 Å². The van der Waals surface area contributed by atoms with Gasteiger partial charge < -0.3 is 5.32 Å². The first-order valence-corrected chi connectivity index (χ1v) is 8.38. The first-order chi connectivity index (χ1) is 8.62. The molecule has 3 rings (SSSR count). The molecule has 0 heterocycles. The molecule has 0 radical (unpaired) electrons. The van der Waals surface area contributed by atoms with E-state index in [0.29, 0.717) is 5.41 Å². The Kier molecular flexibility index (Phi) is 3.71. The fourth-order valence-electron chi connectivity index (χ4n) is 4.94. The predicted octanol–water partition coefficient (Wildman–Crippen LogP) is 4.51. The molecule has 0 aromatic rings. The van der Waals surface area contributed by atoms with Gasteiger partial charge in [-0.1, -0.05) is 39.5 Å². The Morgan fingerprint density at radius 3 is 2.33 bits per heavy atom. The third-order valence-corrected chi connectivity index (χ3v) is 5.98. The highest BCUT2D eigenvalue weighted by atomic mass is 15.0. The van der Waals surface area contributed by atoms with Crippen LogP contribution in [0.4, 0.5) is 0 Å². The molecule has 0 spiro atoms. The van der Waals surface area contributed by atoms with E-state index in [2.05, 4.69) is 19.2 Å². The van der Waals surface area contributed by atoms with E-state index in [1.165, 1.54) is 64.2 Å². The molecule has 1 heteroatoms. The molecule has 1 nitrogen and oxygen atoms in total. The summed E-state index contributed by atoms with van der Waals surface area (Å²) in [6, 6.07) is 1.67. The van der Waals surface area contributed by atoms with Crippen molar-refractivity contribution in [2.24, 2.45) is 17.3 Å². The van der Waals surface area contributed by atoms with Gasteiger partial charge in [0.25, 0.3) is 0 Å². The molecule has 104 valence electrons. The summed E-state index contributed by atoms with van der Waals surface area (Å²) < 4.78 is 0. The monoisotopic (exact) mass is 249 g/mol. The predicted molar refractivity (Wildman–Crippen MR) is 77.6 cm³/mol. The maximum absolute atomic E-state index is 4.01. The minimum absolute atomic E-state index is 0.597. The Labute approximate surface area is 113 Å². The lowest BCUT2D eigenvalue weighted by Crippen LogP contribution is -2.43. The molecule has 0 bridgehead atoms. The van der Waals surface area contributed by atoms with E-state index in [-0.39, 0.29) is 0 Å². The third-order valence-electron chi connectivity index (χ3n) is 5.98. The molecular weight excluding hydrogens is 218 g/mol. The van der Waals surface area contributed by atoms with Crippen molar-refractivity contribution in [3.63, 3.8) is 0 Å². The molecule has 4 atom stereocenters. The number of nitrogens with one attached hydrogen (secondary N) is 1. The van der Waals surface area contributed by atoms with E-state index in [0.717, 1.165) is 23.9 Å². The van der Waals surface area contributed by atoms with Gasteiger partial charge in [0.1, 0.15) is 0 Å². The lowest BCUT2D eigenvalue weighted by molar-refractivity contribution is 0.138. The first-order valence-electron chi connectivity index (χ1n) is 8.38. The third kappa shape index (κ3) is 2.92. The molecule has 4 unspecified atom stereocenters. The van der Waals surface area contributed by atoms with E-state index in [4.69, 9.17) is 0 Å². The molecule has 18 heavy (non-hydrogen) atoms. The fraction of sp³-hybridized carbons (Fsp3) is 1.00. The maximum atomic E-state index is 4.01. The number of rotatable bonds is 2. The lowest BCUT2D eigenvalue weighted by Gasteiger charge is -2.40. The van der Waals surface area contributed by atoms with Gasteiger partial charge in [0, 0.05) is 12.1 Å². The molecule has 0 amide bonds. The molecule has 0 aliphatic heterocycles. The van der Waals surface area contributed by atoms with Crippen LogP contribution < -0.4 is 5.32 Å². The summed E-state index contributed by atoms with van der Waals surface area (Å²) in [7, 11) is 0. The Balaban J connectivity index is 1.49. The van der Waals surface area contributed by atoms with Crippen LogP contribution in [0.25, 0.3) is 0 Å². The molecule has 3 saturated carbocycles. The molecular formula is C17H31N. The summed E-state index contributed by atoms with van der Waals surface area (Å²) in [5.41, 5.74) is 0.597. The zero-order valence-corrected chi connectivity index (χ0v) is 12.4. The number of hydrogen-bond acceptors (Lipinski definition) is 1. The van der Waals surface area contributed by atoms with Crippen LogP contribution in [-0.2, 0) is 0 Å². The van der Waals surface area contributed by atoms with Gasteiger partial charge in [-0.15, -0.1) is 0 Å². The maximum Gasteiger partial charge on any atom is 0.00749 e.